The zero-order valence-electron chi connectivity index (χ0n) is 13.0. The van der Waals surface area contributed by atoms with E-state index in [1.807, 2.05) is 11.8 Å². The molecule has 4 nitrogen and oxygen atoms in total. The zero-order valence-corrected chi connectivity index (χ0v) is 13.8. The van der Waals surface area contributed by atoms with E-state index in [0.717, 1.165) is 32.1 Å². The van der Waals surface area contributed by atoms with E-state index in [2.05, 4.69) is 18.5 Å². The van der Waals surface area contributed by atoms with Gasteiger partial charge in [0.25, 0.3) is 0 Å². The number of carboxylic acid groups (broad SMARTS) is 1. The second kappa shape index (κ2) is 7.52. The van der Waals surface area contributed by atoms with E-state index in [4.69, 9.17) is 0 Å². The molecule has 0 aliphatic heterocycles. The number of rotatable bonds is 5. The number of hydrogen-bond acceptors (Lipinski definition) is 3. The van der Waals surface area contributed by atoms with Crippen molar-refractivity contribution in [3.8, 4) is 0 Å². The molecule has 5 unspecified atom stereocenters. The summed E-state index contributed by atoms with van der Waals surface area (Å²) in [6.45, 7) is 2.08. The number of amides is 1. The highest BCUT2D eigenvalue weighted by atomic mass is 32.2. The first-order valence-electron chi connectivity index (χ1n) is 8.12. The molecule has 2 aliphatic rings. The van der Waals surface area contributed by atoms with Crippen LogP contribution in [0.3, 0.4) is 0 Å². The lowest BCUT2D eigenvalue weighted by atomic mass is 9.92. The highest BCUT2D eigenvalue weighted by molar-refractivity contribution is 7.99. The monoisotopic (exact) mass is 313 g/mol. The van der Waals surface area contributed by atoms with Crippen molar-refractivity contribution >= 4 is 23.6 Å². The second-order valence-corrected chi connectivity index (χ2v) is 7.55. The van der Waals surface area contributed by atoms with Gasteiger partial charge in [-0.2, -0.15) is 11.8 Å². The van der Waals surface area contributed by atoms with Gasteiger partial charge in [0.05, 0.1) is 11.8 Å². The van der Waals surface area contributed by atoms with Gasteiger partial charge in [-0.1, -0.05) is 26.2 Å². The van der Waals surface area contributed by atoms with Gasteiger partial charge in [-0.25, -0.2) is 0 Å². The van der Waals surface area contributed by atoms with Crippen LogP contribution in [0, 0.1) is 17.8 Å². The molecule has 0 bridgehead atoms. The third-order valence-corrected chi connectivity index (χ3v) is 6.39. The topological polar surface area (TPSA) is 66.4 Å². The van der Waals surface area contributed by atoms with E-state index in [0.29, 0.717) is 17.6 Å². The van der Waals surface area contributed by atoms with Gasteiger partial charge in [-0.15, -0.1) is 0 Å². The van der Waals surface area contributed by atoms with E-state index in [9.17, 15) is 14.7 Å². The van der Waals surface area contributed by atoms with Gasteiger partial charge in [0.1, 0.15) is 0 Å². The van der Waals surface area contributed by atoms with Gasteiger partial charge in [0.2, 0.25) is 5.91 Å². The molecular weight excluding hydrogens is 286 g/mol. The Morgan fingerprint density at radius 2 is 1.86 bits per heavy atom. The fraction of sp³-hybridized carbons (Fsp3) is 0.875. The summed E-state index contributed by atoms with van der Waals surface area (Å²) in [5.74, 6) is -1.28. The Balaban J connectivity index is 1.99. The number of nitrogens with one attached hydrogen (secondary N) is 1. The number of carbonyl (C=O) groups excluding carboxylic acids is 1. The van der Waals surface area contributed by atoms with Gasteiger partial charge in [0.15, 0.2) is 0 Å². The molecule has 5 heteroatoms. The van der Waals surface area contributed by atoms with Crippen molar-refractivity contribution in [2.45, 2.75) is 63.2 Å². The van der Waals surface area contributed by atoms with Gasteiger partial charge in [-0.05, 0) is 37.9 Å². The normalized spacial score (nSPS) is 36.4. The van der Waals surface area contributed by atoms with Crippen LogP contribution in [-0.2, 0) is 9.59 Å². The lowest BCUT2D eigenvalue weighted by molar-refractivity contribution is -0.146. The smallest absolute Gasteiger partial charge is 0.307 e. The molecule has 0 aromatic carbocycles. The molecule has 2 aliphatic carbocycles. The maximum atomic E-state index is 12.6. The van der Waals surface area contributed by atoms with Crippen LogP contribution in [0.5, 0.6) is 0 Å². The summed E-state index contributed by atoms with van der Waals surface area (Å²) in [6, 6.07) is 0.219. The molecule has 0 radical (unpaired) electrons. The first-order valence-corrected chi connectivity index (χ1v) is 9.41. The summed E-state index contributed by atoms with van der Waals surface area (Å²) in [5, 5.41) is 13.0. The number of thioether (sulfide) groups is 1. The summed E-state index contributed by atoms with van der Waals surface area (Å²) in [6.07, 6.45) is 9.01. The molecule has 0 saturated heterocycles. The van der Waals surface area contributed by atoms with E-state index >= 15 is 0 Å². The maximum Gasteiger partial charge on any atom is 0.307 e. The van der Waals surface area contributed by atoms with E-state index in [1.165, 1.54) is 6.42 Å². The highest BCUT2D eigenvalue weighted by Crippen LogP contribution is 2.39. The standard InChI is InChI=1S/C16H27NO3S/c1-3-10-8-11(12(9-10)16(19)20)15(18)17-13-6-4-5-7-14(13)21-2/h10-14H,3-9H2,1-2H3,(H,17,18)(H,19,20). The van der Waals surface area contributed by atoms with Crippen molar-refractivity contribution in [2.24, 2.45) is 17.8 Å². The number of aliphatic carboxylic acids is 1. The van der Waals surface area contributed by atoms with Crippen molar-refractivity contribution in [1.29, 1.82) is 0 Å². The Hall–Kier alpha value is -0.710. The Kier molecular flexibility index (Phi) is 5.97. The van der Waals surface area contributed by atoms with Crippen molar-refractivity contribution < 1.29 is 14.7 Å². The molecule has 1 amide bonds. The molecule has 2 fully saturated rings. The molecule has 2 N–H and O–H groups in total. The van der Waals surface area contributed by atoms with Gasteiger partial charge >= 0.3 is 5.97 Å². The minimum Gasteiger partial charge on any atom is -0.481 e. The van der Waals surface area contributed by atoms with Gasteiger partial charge in [0, 0.05) is 11.3 Å². The van der Waals surface area contributed by atoms with Crippen LogP contribution in [-0.4, -0.2) is 34.5 Å². The molecule has 120 valence electrons. The second-order valence-electron chi connectivity index (χ2n) is 6.47. The summed E-state index contributed by atoms with van der Waals surface area (Å²) in [5.41, 5.74) is 0. The lowest BCUT2D eigenvalue weighted by Gasteiger charge is -2.32. The summed E-state index contributed by atoms with van der Waals surface area (Å²) in [4.78, 5) is 24.0. The summed E-state index contributed by atoms with van der Waals surface area (Å²) < 4.78 is 0. The van der Waals surface area contributed by atoms with Crippen molar-refractivity contribution in [1.82, 2.24) is 5.32 Å². The van der Waals surface area contributed by atoms with Gasteiger partial charge in [-0.3, -0.25) is 9.59 Å². The van der Waals surface area contributed by atoms with Crippen LogP contribution >= 0.6 is 11.8 Å². The SMILES string of the molecule is CCC1CC(C(=O)O)C(C(=O)NC2CCCCC2SC)C1. The molecule has 0 aromatic rings. The Morgan fingerprint density at radius 3 is 2.48 bits per heavy atom. The third kappa shape index (κ3) is 3.93. The number of carboxylic acids is 1. The molecule has 5 atom stereocenters. The molecular formula is C16H27NO3S. The average molecular weight is 313 g/mol. The van der Waals surface area contributed by atoms with Crippen molar-refractivity contribution in [3.63, 3.8) is 0 Å². The number of hydrogen-bond donors (Lipinski definition) is 2. The lowest BCUT2D eigenvalue weighted by Crippen LogP contribution is -2.47. The Labute approximate surface area is 131 Å². The Bertz CT molecular complexity index is 388. The minimum absolute atomic E-state index is 0.0238. The average Bonchev–Trinajstić information content (AvgIpc) is 2.92. The molecule has 2 saturated carbocycles. The molecule has 0 heterocycles. The van der Waals surface area contributed by atoms with E-state index in [-0.39, 0.29) is 17.9 Å². The maximum absolute atomic E-state index is 12.6. The van der Waals surface area contributed by atoms with Gasteiger partial charge < -0.3 is 10.4 Å². The fourth-order valence-electron chi connectivity index (χ4n) is 3.87. The first-order chi connectivity index (χ1) is 10.1. The quantitative estimate of drug-likeness (QED) is 0.819. The van der Waals surface area contributed by atoms with Crippen LogP contribution in [0.1, 0.15) is 51.9 Å². The third-order valence-electron chi connectivity index (χ3n) is 5.22. The largest absolute Gasteiger partial charge is 0.481 e. The Morgan fingerprint density at radius 1 is 1.19 bits per heavy atom. The zero-order chi connectivity index (χ0) is 15.4. The molecule has 0 aromatic heterocycles. The fourth-order valence-corrected chi connectivity index (χ4v) is 4.81. The predicted octanol–water partition coefficient (Wildman–Crippen LogP) is 2.91. The minimum atomic E-state index is -0.809. The summed E-state index contributed by atoms with van der Waals surface area (Å²) in [7, 11) is 0. The van der Waals surface area contributed by atoms with E-state index in [1.54, 1.807) is 0 Å². The molecule has 21 heavy (non-hydrogen) atoms. The van der Waals surface area contributed by atoms with Crippen molar-refractivity contribution in [3.05, 3.63) is 0 Å². The van der Waals surface area contributed by atoms with Crippen LogP contribution in [0.4, 0.5) is 0 Å². The number of carbonyl (C=O) groups is 2. The van der Waals surface area contributed by atoms with Crippen LogP contribution in [0.25, 0.3) is 0 Å². The first kappa shape index (κ1) is 16.7. The van der Waals surface area contributed by atoms with Crippen molar-refractivity contribution in [2.75, 3.05) is 6.26 Å². The predicted molar refractivity (Wildman–Crippen MR) is 85.3 cm³/mol. The van der Waals surface area contributed by atoms with Crippen LogP contribution < -0.4 is 5.32 Å². The van der Waals surface area contributed by atoms with E-state index < -0.39 is 11.9 Å². The summed E-state index contributed by atoms with van der Waals surface area (Å²) >= 11 is 1.82. The molecule has 2 rings (SSSR count). The highest BCUT2D eigenvalue weighted by Gasteiger charge is 2.43. The van der Waals surface area contributed by atoms with Crippen LogP contribution in [0.2, 0.25) is 0 Å². The molecule has 0 spiro atoms. The van der Waals surface area contributed by atoms with Crippen LogP contribution in [0.15, 0.2) is 0 Å².